The van der Waals surface area contributed by atoms with E-state index in [4.69, 9.17) is 5.14 Å². The van der Waals surface area contributed by atoms with Crippen molar-refractivity contribution in [3.8, 4) is 0 Å². The van der Waals surface area contributed by atoms with E-state index in [-0.39, 0.29) is 16.3 Å². The summed E-state index contributed by atoms with van der Waals surface area (Å²) in [5.41, 5.74) is 0.195. The van der Waals surface area contributed by atoms with E-state index in [2.05, 4.69) is 5.10 Å². The zero-order valence-electron chi connectivity index (χ0n) is 9.55. The van der Waals surface area contributed by atoms with Crippen molar-refractivity contribution in [1.82, 2.24) is 14.7 Å². The zero-order chi connectivity index (χ0) is 12.7. The minimum Gasteiger partial charge on any atom is -0.343 e. The number of carbonyl (C=O) groups is 1. The predicted molar refractivity (Wildman–Crippen MR) is 57.3 cm³/mol. The van der Waals surface area contributed by atoms with Gasteiger partial charge in [0.05, 0.1) is 5.69 Å². The summed E-state index contributed by atoms with van der Waals surface area (Å²) in [6.07, 6.45) is 0. The number of nitrogens with two attached hydrogens (primary N) is 1. The topological polar surface area (TPSA) is 98.3 Å². The van der Waals surface area contributed by atoms with E-state index in [1.807, 2.05) is 0 Å². The van der Waals surface area contributed by atoms with Gasteiger partial charge in [0.25, 0.3) is 5.91 Å². The highest BCUT2D eigenvalue weighted by Gasteiger charge is 2.28. The van der Waals surface area contributed by atoms with Gasteiger partial charge < -0.3 is 4.90 Å². The minimum absolute atomic E-state index is 0.0231. The molecule has 0 saturated heterocycles. The van der Waals surface area contributed by atoms with Crippen LogP contribution in [0.25, 0.3) is 0 Å². The molecule has 90 valence electrons. The van der Waals surface area contributed by atoms with E-state index in [9.17, 15) is 13.2 Å². The van der Waals surface area contributed by atoms with Gasteiger partial charge >= 0.3 is 0 Å². The first-order valence-corrected chi connectivity index (χ1v) is 5.99. The number of hydrogen-bond donors (Lipinski definition) is 1. The van der Waals surface area contributed by atoms with Crippen molar-refractivity contribution in [2.45, 2.75) is 11.8 Å². The molecule has 1 amide bonds. The largest absolute Gasteiger partial charge is 0.343 e. The Bertz CT molecular complexity index is 530. The predicted octanol–water partition coefficient (Wildman–Crippen LogP) is -0.922. The molecule has 0 saturated carbocycles. The minimum atomic E-state index is -3.95. The van der Waals surface area contributed by atoms with Crippen LogP contribution in [0.4, 0.5) is 0 Å². The van der Waals surface area contributed by atoms with Gasteiger partial charge in [0.15, 0.2) is 0 Å². The van der Waals surface area contributed by atoms with Gasteiger partial charge in [0, 0.05) is 21.1 Å². The molecule has 0 fully saturated rings. The number of rotatable bonds is 2. The molecular weight excluding hydrogens is 232 g/mol. The summed E-state index contributed by atoms with van der Waals surface area (Å²) >= 11 is 0. The van der Waals surface area contributed by atoms with Crippen LogP contribution in [0, 0.1) is 6.92 Å². The van der Waals surface area contributed by atoms with Crippen LogP contribution in [0.2, 0.25) is 0 Å². The monoisotopic (exact) mass is 246 g/mol. The second kappa shape index (κ2) is 3.87. The summed E-state index contributed by atoms with van der Waals surface area (Å²) in [7, 11) is 0.597. The number of amides is 1. The van der Waals surface area contributed by atoms with Crippen molar-refractivity contribution >= 4 is 15.9 Å². The molecule has 2 N–H and O–H groups in total. The number of sulfonamides is 1. The van der Waals surface area contributed by atoms with Crippen molar-refractivity contribution in [3.63, 3.8) is 0 Å². The molecule has 1 heterocycles. The second-order valence-corrected chi connectivity index (χ2v) is 5.13. The lowest BCUT2D eigenvalue weighted by atomic mass is 10.3. The summed E-state index contributed by atoms with van der Waals surface area (Å²) in [5.74, 6) is -0.452. The number of aryl methyl sites for hydroxylation is 2. The fraction of sp³-hybridized carbons (Fsp3) is 0.500. The summed E-state index contributed by atoms with van der Waals surface area (Å²) in [6, 6.07) is 0. The highest BCUT2D eigenvalue weighted by Crippen LogP contribution is 2.18. The maximum absolute atomic E-state index is 11.8. The van der Waals surface area contributed by atoms with Gasteiger partial charge in [-0.05, 0) is 6.92 Å². The summed E-state index contributed by atoms with van der Waals surface area (Å²) in [5, 5.41) is 8.95. The van der Waals surface area contributed by atoms with E-state index >= 15 is 0 Å². The molecule has 0 aliphatic rings. The average molecular weight is 246 g/mol. The summed E-state index contributed by atoms with van der Waals surface area (Å²) in [4.78, 5) is 12.8. The SMILES string of the molecule is Cc1nn(C)c(C(=O)N(C)C)c1S(N)(=O)=O. The van der Waals surface area contributed by atoms with Crippen molar-refractivity contribution in [2.75, 3.05) is 14.1 Å². The van der Waals surface area contributed by atoms with Crippen molar-refractivity contribution < 1.29 is 13.2 Å². The number of primary sulfonamides is 1. The maximum atomic E-state index is 11.8. The third-order valence-electron chi connectivity index (χ3n) is 2.06. The van der Waals surface area contributed by atoms with Crippen LogP contribution in [-0.2, 0) is 17.1 Å². The standard InChI is InChI=1S/C8H14N4O3S/c1-5-7(16(9,14)15)6(12(4)10-5)8(13)11(2)3/h1-4H3,(H2,9,14,15). The Balaban J connectivity index is 3.57. The second-order valence-electron chi connectivity index (χ2n) is 3.63. The third kappa shape index (κ3) is 2.07. The number of aromatic nitrogens is 2. The lowest BCUT2D eigenvalue weighted by molar-refractivity contribution is 0.0813. The number of nitrogens with zero attached hydrogens (tertiary/aromatic N) is 3. The van der Waals surface area contributed by atoms with Gasteiger partial charge in [-0.1, -0.05) is 0 Å². The fourth-order valence-electron chi connectivity index (χ4n) is 1.43. The van der Waals surface area contributed by atoms with Crippen LogP contribution in [-0.4, -0.2) is 43.1 Å². The van der Waals surface area contributed by atoms with E-state index in [1.165, 1.54) is 37.6 Å². The van der Waals surface area contributed by atoms with Gasteiger partial charge in [-0.2, -0.15) is 5.10 Å². The molecule has 1 rings (SSSR count). The molecule has 0 bridgehead atoms. The molecule has 8 heteroatoms. The summed E-state index contributed by atoms with van der Waals surface area (Å²) in [6.45, 7) is 1.49. The first-order valence-electron chi connectivity index (χ1n) is 4.44. The molecule has 1 aromatic heterocycles. The Morgan fingerprint density at radius 3 is 2.31 bits per heavy atom. The third-order valence-corrected chi connectivity index (χ3v) is 3.12. The smallest absolute Gasteiger partial charge is 0.273 e. The Morgan fingerprint density at radius 2 is 1.94 bits per heavy atom. The fourth-order valence-corrected chi connectivity index (χ4v) is 2.37. The van der Waals surface area contributed by atoms with Gasteiger partial charge in [0.1, 0.15) is 10.6 Å². The molecule has 0 unspecified atom stereocenters. The molecule has 0 atom stereocenters. The van der Waals surface area contributed by atoms with Crippen molar-refractivity contribution in [2.24, 2.45) is 12.2 Å². The number of hydrogen-bond acceptors (Lipinski definition) is 4. The Labute approximate surface area is 93.9 Å². The van der Waals surface area contributed by atoms with Crippen LogP contribution in [0.15, 0.2) is 4.90 Å². The van der Waals surface area contributed by atoms with Crippen LogP contribution in [0.3, 0.4) is 0 Å². The molecule has 0 aliphatic heterocycles. The first-order chi connectivity index (χ1) is 7.16. The van der Waals surface area contributed by atoms with Gasteiger partial charge in [0.2, 0.25) is 10.0 Å². The lowest BCUT2D eigenvalue weighted by Crippen LogP contribution is -2.27. The van der Waals surface area contributed by atoms with E-state index in [0.717, 1.165) is 0 Å². The molecule has 1 aromatic rings. The summed E-state index contributed by atoms with van der Waals surface area (Å²) < 4.78 is 24.0. The molecule has 0 spiro atoms. The molecule has 7 nitrogen and oxygen atoms in total. The lowest BCUT2D eigenvalue weighted by Gasteiger charge is -2.11. The van der Waals surface area contributed by atoms with E-state index < -0.39 is 15.9 Å². The molecule has 16 heavy (non-hydrogen) atoms. The Hall–Kier alpha value is -1.41. The van der Waals surface area contributed by atoms with Crippen molar-refractivity contribution in [1.29, 1.82) is 0 Å². The average Bonchev–Trinajstić information content (AvgIpc) is 2.38. The van der Waals surface area contributed by atoms with E-state index in [1.54, 1.807) is 0 Å². The normalized spacial score (nSPS) is 11.6. The highest BCUT2D eigenvalue weighted by atomic mass is 32.2. The Morgan fingerprint density at radius 1 is 1.44 bits per heavy atom. The van der Waals surface area contributed by atoms with Gasteiger partial charge in [-0.3, -0.25) is 9.48 Å². The number of carbonyl (C=O) groups excluding carboxylic acids is 1. The molecule has 0 aliphatic carbocycles. The van der Waals surface area contributed by atoms with Gasteiger partial charge in [-0.15, -0.1) is 0 Å². The zero-order valence-corrected chi connectivity index (χ0v) is 10.4. The quantitative estimate of drug-likeness (QED) is 0.729. The van der Waals surface area contributed by atoms with Crippen molar-refractivity contribution in [3.05, 3.63) is 11.4 Å². The van der Waals surface area contributed by atoms with Crippen LogP contribution in [0.5, 0.6) is 0 Å². The molecular formula is C8H14N4O3S. The maximum Gasteiger partial charge on any atom is 0.273 e. The molecule has 0 aromatic carbocycles. The van der Waals surface area contributed by atoms with Crippen LogP contribution >= 0.6 is 0 Å². The van der Waals surface area contributed by atoms with E-state index in [0.29, 0.717) is 0 Å². The Kier molecular flexibility index (Phi) is 3.06. The first kappa shape index (κ1) is 12.7. The molecule has 0 radical (unpaired) electrons. The van der Waals surface area contributed by atoms with Gasteiger partial charge in [-0.25, -0.2) is 13.6 Å². The van der Waals surface area contributed by atoms with Crippen LogP contribution in [0.1, 0.15) is 16.2 Å². The highest BCUT2D eigenvalue weighted by molar-refractivity contribution is 7.89. The van der Waals surface area contributed by atoms with Crippen LogP contribution < -0.4 is 5.14 Å².